The number of hydrogen-bond acceptors (Lipinski definition) is 6. The molecule has 7 nitrogen and oxygen atoms in total. The summed E-state index contributed by atoms with van der Waals surface area (Å²) in [6.45, 7) is 13.3. The standard InChI is InChI=1S/C18H34N2O5/c1-18(2,3)25-17(21)20-8-6-19(7-9-20)10-13-23-14-15-24-16-4-11-22-12-5-16/h16H,4-15H2,1-3H3. The van der Waals surface area contributed by atoms with Crippen molar-refractivity contribution in [2.75, 3.05) is 65.8 Å². The van der Waals surface area contributed by atoms with Gasteiger partial charge < -0.3 is 23.8 Å². The van der Waals surface area contributed by atoms with Crippen LogP contribution in [0.5, 0.6) is 0 Å². The van der Waals surface area contributed by atoms with Crippen LogP contribution in [0.25, 0.3) is 0 Å². The Labute approximate surface area is 151 Å². The lowest BCUT2D eigenvalue weighted by Gasteiger charge is -2.35. The van der Waals surface area contributed by atoms with E-state index >= 15 is 0 Å². The normalized spacial score (nSPS) is 20.7. The predicted molar refractivity (Wildman–Crippen MR) is 94.9 cm³/mol. The van der Waals surface area contributed by atoms with Crippen molar-refractivity contribution in [3.05, 3.63) is 0 Å². The fraction of sp³-hybridized carbons (Fsp3) is 0.944. The van der Waals surface area contributed by atoms with E-state index in [1.807, 2.05) is 20.8 Å². The molecule has 7 heteroatoms. The zero-order chi connectivity index (χ0) is 18.1. The molecule has 0 aliphatic carbocycles. The van der Waals surface area contributed by atoms with Crippen LogP contribution < -0.4 is 0 Å². The number of piperazine rings is 1. The largest absolute Gasteiger partial charge is 0.444 e. The summed E-state index contributed by atoms with van der Waals surface area (Å²) >= 11 is 0. The molecule has 1 amide bonds. The number of ether oxygens (including phenoxy) is 4. The number of carbonyl (C=O) groups is 1. The molecule has 0 spiro atoms. The molecule has 2 fully saturated rings. The number of rotatable bonds is 7. The molecule has 2 heterocycles. The molecule has 25 heavy (non-hydrogen) atoms. The highest BCUT2D eigenvalue weighted by Gasteiger charge is 2.25. The van der Waals surface area contributed by atoms with Crippen molar-refractivity contribution < 1.29 is 23.7 Å². The second-order valence-electron chi connectivity index (χ2n) is 7.60. The Morgan fingerprint density at radius 2 is 1.72 bits per heavy atom. The molecule has 146 valence electrons. The van der Waals surface area contributed by atoms with Gasteiger partial charge >= 0.3 is 6.09 Å². The van der Waals surface area contributed by atoms with Crippen molar-refractivity contribution in [3.63, 3.8) is 0 Å². The average Bonchev–Trinajstić information content (AvgIpc) is 2.58. The van der Waals surface area contributed by atoms with Crippen molar-refractivity contribution in [1.82, 2.24) is 9.80 Å². The van der Waals surface area contributed by atoms with Gasteiger partial charge in [-0.15, -0.1) is 0 Å². The average molecular weight is 358 g/mol. The Morgan fingerprint density at radius 1 is 1.04 bits per heavy atom. The first-order chi connectivity index (χ1) is 11.9. The van der Waals surface area contributed by atoms with E-state index in [0.717, 1.165) is 45.7 Å². The van der Waals surface area contributed by atoms with Crippen LogP contribution in [0.2, 0.25) is 0 Å². The topological polar surface area (TPSA) is 60.5 Å². The molecule has 0 aromatic rings. The highest BCUT2D eigenvalue weighted by atomic mass is 16.6. The maximum Gasteiger partial charge on any atom is 0.410 e. The molecule has 0 N–H and O–H groups in total. The first-order valence-electron chi connectivity index (χ1n) is 9.41. The number of carbonyl (C=O) groups excluding carboxylic acids is 1. The molecule has 0 atom stereocenters. The van der Waals surface area contributed by atoms with Gasteiger partial charge in [-0.3, -0.25) is 4.90 Å². The fourth-order valence-corrected chi connectivity index (χ4v) is 2.89. The van der Waals surface area contributed by atoms with Crippen LogP contribution >= 0.6 is 0 Å². The summed E-state index contributed by atoms with van der Waals surface area (Å²) in [5.74, 6) is 0. The minimum atomic E-state index is -0.436. The first kappa shape index (κ1) is 20.4. The molecular weight excluding hydrogens is 324 g/mol. The molecule has 0 saturated carbocycles. The Hall–Kier alpha value is -0.890. The summed E-state index contributed by atoms with van der Waals surface area (Å²) in [5, 5.41) is 0. The summed E-state index contributed by atoms with van der Waals surface area (Å²) in [4.78, 5) is 16.1. The van der Waals surface area contributed by atoms with E-state index in [1.165, 1.54) is 0 Å². The highest BCUT2D eigenvalue weighted by Crippen LogP contribution is 2.12. The third-order valence-electron chi connectivity index (χ3n) is 4.33. The molecule has 2 saturated heterocycles. The smallest absolute Gasteiger partial charge is 0.410 e. The fourth-order valence-electron chi connectivity index (χ4n) is 2.89. The van der Waals surface area contributed by atoms with Crippen molar-refractivity contribution in [3.8, 4) is 0 Å². The van der Waals surface area contributed by atoms with E-state index in [-0.39, 0.29) is 6.09 Å². The molecule has 0 aromatic carbocycles. The van der Waals surface area contributed by atoms with Crippen LogP contribution in [0.1, 0.15) is 33.6 Å². The van der Waals surface area contributed by atoms with Crippen molar-refractivity contribution in [2.45, 2.75) is 45.3 Å². The Morgan fingerprint density at radius 3 is 2.36 bits per heavy atom. The van der Waals surface area contributed by atoms with E-state index in [9.17, 15) is 4.79 Å². The van der Waals surface area contributed by atoms with Gasteiger partial charge in [-0.1, -0.05) is 0 Å². The molecule has 0 aromatic heterocycles. The first-order valence-corrected chi connectivity index (χ1v) is 9.41. The predicted octanol–water partition coefficient (Wildman–Crippen LogP) is 1.75. The lowest BCUT2D eigenvalue weighted by molar-refractivity contribution is -0.0511. The van der Waals surface area contributed by atoms with Gasteiger partial charge in [0.2, 0.25) is 0 Å². The maximum atomic E-state index is 12.0. The number of amides is 1. The lowest BCUT2D eigenvalue weighted by atomic mass is 10.2. The summed E-state index contributed by atoms with van der Waals surface area (Å²) in [6.07, 6.45) is 2.09. The van der Waals surface area contributed by atoms with E-state index in [0.29, 0.717) is 39.0 Å². The molecule has 0 bridgehead atoms. The van der Waals surface area contributed by atoms with Gasteiger partial charge in [0, 0.05) is 45.9 Å². The van der Waals surface area contributed by atoms with Crippen molar-refractivity contribution >= 4 is 6.09 Å². The van der Waals surface area contributed by atoms with Crippen LogP contribution in [-0.2, 0) is 18.9 Å². The lowest BCUT2D eigenvalue weighted by Crippen LogP contribution is -2.50. The molecule has 0 radical (unpaired) electrons. The van der Waals surface area contributed by atoms with Crippen molar-refractivity contribution in [2.24, 2.45) is 0 Å². The highest BCUT2D eigenvalue weighted by molar-refractivity contribution is 5.68. The van der Waals surface area contributed by atoms with Crippen LogP contribution in [0.15, 0.2) is 0 Å². The molecule has 0 unspecified atom stereocenters. The molecule has 2 rings (SSSR count). The molecule has 2 aliphatic rings. The van der Waals surface area contributed by atoms with Gasteiger partial charge in [-0.2, -0.15) is 0 Å². The molecule has 2 aliphatic heterocycles. The quantitative estimate of drug-likeness (QED) is 0.646. The number of hydrogen-bond donors (Lipinski definition) is 0. The Balaban J connectivity index is 1.47. The minimum Gasteiger partial charge on any atom is -0.444 e. The van der Waals surface area contributed by atoms with Crippen molar-refractivity contribution in [1.29, 1.82) is 0 Å². The van der Waals surface area contributed by atoms with E-state index < -0.39 is 5.60 Å². The zero-order valence-electron chi connectivity index (χ0n) is 16.0. The van der Waals surface area contributed by atoms with Gasteiger partial charge in [0.05, 0.1) is 25.9 Å². The van der Waals surface area contributed by atoms with Gasteiger partial charge in [0.25, 0.3) is 0 Å². The minimum absolute atomic E-state index is 0.214. The second kappa shape index (κ2) is 10.3. The number of nitrogens with zero attached hydrogens (tertiary/aromatic N) is 2. The molecular formula is C18H34N2O5. The van der Waals surface area contributed by atoms with Gasteiger partial charge in [0.15, 0.2) is 0 Å². The van der Waals surface area contributed by atoms with Crippen LogP contribution in [0, 0.1) is 0 Å². The van der Waals surface area contributed by atoms with E-state index in [2.05, 4.69) is 4.90 Å². The second-order valence-corrected chi connectivity index (χ2v) is 7.60. The Bertz CT molecular complexity index is 385. The summed E-state index contributed by atoms with van der Waals surface area (Å²) in [7, 11) is 0. The van der Waals surface area contributed by atoms with Gasteiger partial charge in [-0.05, 0) is 33.6 Å². The van der Waals surface area contributed by atoms with Crippen LogP contribution in [0.4, 0.5) is 4.79 Å². The van der Waals surface area contributed by atoms with E-state index in [4.69, 9.17) is 18.9 Å². The van der Waals surface area contributed by atoms with Crippen LogP contribution in [0.3, 0.4) is 0 Å². The monoisotopic (exact) mass is 358 g/mol. The third-order valence-corrected chi connectivity index (χ3v) is 4.33. The van der Waals surface area contributed by atoms with Crippen LogP contribution in [-0.4, -0.2) is 93.4 Å². The Kier molecular flexibility index (Phi) is 8.42. The van der Waals surface area contributed by atoms with Gasteiger partial charge in [0.1, 0.15) is 5.60 Å². The summed E-state index contributed by atoms with van der Waals surface area (Å²) < 4.78 is 22.2. The summed E-state index contributed by atoms with van der Waals surface area (Å²) in [5.41, 5.74) is -0.436. The van der Waals surface area contributed by atoms with Gasteiger partial charge in [-0.25, -0.2) is 4.79 Å². The zero-order valence-corrected chi connectivity index (χ0v) is 16.0. The maximum absolute atomic E-state index is 12.0. The third kappa shape index (κ3) is 8.35. The van der Waals surface area contributed by atoms with E-state index in [1.54, 1.807) is 4.90 Å². The SMILES string of the molecule is CC(C)(C)OC(=O)N1CCN(CCOCCOC2CCOCC2)CC1. The summed E-state index contributed by atoms with van der Waals surface area (Å²) in [6, 6.07) is 0.